The van der Waals surface area contributed by atoms with E-state index in [4.69, 9.17) is 0 Å². The summed E-state index contributed by atoms with van der Waals surface area (Å²) in [6, 6.07) is 8.00. The number of piperidine rings is 1. The van der Waals surface area contributed by atoms with E-state index in [1.807, 2.05) is 31.2 Å². The summed E-state index contributed by atoms with van der Waals surface area (Å²) >= 11 is 0. The molecule has 1 aromatic carbocycles. The minimum absolute atomic E-state index is 0.0870. The lowest BCUT2D eigenvalue weighted by molar-refractivity contribution is -0.137. The molecular formula is C24H34N2O2. The van der Waals surface area contributed by atoms with Crippen LogP contribution in [0.15, 0.2) is 30.0 Å². The highest BCUT2D eigenvalue weighted by Gasteiger charge is 2.41. The van der Waals surface area contributed by atoms with Crippen LogP contribution in [0.4, 0.5) is 0 Å². The van der Waals surface area contributed by atoms with Gasteiger partial charge in [0.05, 0.1) is 5.57 Å². The Morgan fingerprint density at radius 2 is 1.46 bits per heavy atom. The van der Waals surface area contributed by atoms with Crippen molar-refractivity contribution < 1.29 is 9.59 Å². The van der Waals surface area contributed by atoms with Gasteiger partial charge in [0.15, 0.2) is 0 Å². The second kappa shape index (κ2) is 9.90. The molecule has 1 aromatic rings. The molecule has 2 aliphatic rings. The molecule has 4 nitrogen and oxygen atoms in total. The summed E-state index contributed by atoms with van der Waals surface area (Å²) in [7, 11) is 0. The molecule has 2 amide bonds. The quantitative estimate of drug-likeness (QED) is 0.449. The molecule has 0 spiro atoms. The molecule has 0 bridgehead atoms. The molecule has 3 rings (SSSR count). The molecule has 2 heterocycles. The lowest BCUT2D eigenvalue weighted by atomic mass is 10.0. The summed E-state index contributed by atoms with van der Waals surface area (Å²) in [4.78, 5) is 30.1. The third kappa shape index (κ3) is 4.65. The second-order valence-corrected chi connectivity index (χ2v) is 8.17. The van der Waals surface area contributed by atoms with E-state index < -0.39 is 0 Å². The van der Waals surface area contributed by atoms with Gasteiger partial charge in [0, 0.05) is 19.6 Å². The fourth-order valence-corrected chi connectivity index (χ4v) is 4.21. The highest BCUT2D eigenvalue weighted by molar-refractivity contribution is 6.35. The van der Waals surface area contributed by atoms with Crippen LogP contribution >= 0.6 is 0 Å². The first kappa shape index (κ1) is 20.6. The Morgan fingerprint density at radius 3 is 2.14 bits per heavy atom. The number of hydrogen-bond donors (Lipinski definition) is 0. The number of carbonyl (C=O) groups excluding carboxylic acids is 2. The molecule has 28 heavy (non-hydrogen) atoms. The summed E-state index contributed by atoms with van der Waals surface area (Å²) in [5, 5.41) is 0. The topological polar surface area (TPSA) is 40.6 Å². The van der Waals surface area contributed by atoms with Crippen molar-refractivity contribution in [3.05, 3.63) is 41.1 Å². The molecule has 0 radical (unpaired) electrons. The van der Waals surface area contributed by atoms with Gasteiger partial charge in [0.2, 0.25) is 0 Å². The number of carbonyl (C=O) groups is 2. The van der Waals surface area contributed by atoms with E-state index >= 15 is 0 Å². The van der Waals surface area contributed by atoms with Gasteiger partial charge in [-0.25, -0.2) is 0 Å². The average Bonchev–Trinajstić information content (AvgIpc) is 2.96. The van der Waals surface area contributed by atoms with Crippen LogP contribution in [0.25, 0.3) is 5.57 Å². The van der Waals surface area contributed by atoms with E-state index in [0.717, 1.165) is 49.9 Å². The number of imide groups is 1. The van der Waals surface area contributed by atoms with E-state index in [1.165, 1.54) is 37.0 Å². The number of rotatable bonds is 9. The van der Waals surface area contributed by atoms with Crippen molar-refractivity contribution in [2.75, 3.05) is 19.6 Å². The molecule has 0 N–H and O–H groups in total. The van der Waals surface area contributed by atoms with Crippen LogP contribution in [-0.4, -0.2) is 41.2 Å². The normalized spacial score (nSPS) is 17.8. The maximum atomic E-state index is 13.2. The third-order valence-corrected chi connectivity index (χ3v) is 5.89. The number of nitrogens with zero attached hydrogens (tertiary/aromatic N) is 2. The van der Waals surface area contributed by atoms with Gasteiger partial charge >= 0.3 is 0 Å². The Labute approximate surface area is 169 Å². The molecule has 0 unspecified atom stereocenters. The highest BCUT2D eigenvalue weighted by atomic mass is 16.2. The van der Waals surface area contributed by atoms with Gasteiger partial charge in [0.25, 0.3) is 11.8 Å². The molecule has 1 fully saturated rings. The van der Waals surface area contributed by atoms with Crippen LogP contribution in [0.5, 0.6) is 0 Å². The van der Waals surface area contributed by atoms with Gasteiger partial charge in [-0.05, 0) is 38.2 Å². The largest absolute Gasteiger partial charge is 0.366 e. The molecule has 152 valence electrons. The van der Waals surface area contributed by atoms with Crippen molar-refractivity contribution >= 4 is 17.4 Å². The molecule has 0 aliphatic carbocycles. The molecular weight excluding hydrogens is 348 g/mol. The van der Waals surface area contributed by atoms with E-state index in [0.29, 0.717) is 17.8 Å². The minimum Gasteiger partial charge on any atom is -0.366 e. The van der Waals surface area contributed by atoms with Crippen molar-refractivity contribution in [2.24, 2.45) is 0 Å². The first-order chi connectivity index (χ1) is 13.6. The van der Waals surface area contributed by atoms with Gasteiger partial charge < -0.3 is 4.90 Å². The van der Waals surface area contributed by atoms with E-state index in [-0.39, 0.29) is 11.8 Å². The lowest BCUT2D eigenvalue weighted by Gasteiger charge is -2.29. The molecule has 0 aromatic heterocycles. The van der Waals surface area contributed by atoms with Gasteiger partial charge in [-0.2, -0.15) is 0 Å². The fraction of sp³-hybridized carbons (Fsp3) is 0.583. The van der Waals surface area contributed by atoms with Gasteiger partial charge in [-0.15, -0.1) is 0 Å². The highest BCUT2D eigenvalue weighted by Crippen LogP contribution is 2.33. The monoisotopic (exact) mass is 382 g/mol. The molecule has 1 saturated heterocycles. The predicted molar refractivity (Wildman–Crippen MR) is 114 cm³/mol. The number of aryl methyl sites for hydroxylation is 1. The van der Waals surface area contributed by atoms with Crippen LogP contribution in [0.1, 0.15) is 75.8 Å². The Balaban J connectivity index is 1.77. The van der Waals surface area contributed by atoms with Crippen molar-refractivity contribution in [3.63, 3.8) is 0 Å². The number of unbranched alkanes of at least 4 members (excludes halogenated alkanes) is 5. The van der Waals surface area contributed by atoms with Crippen LogP contribution in [-0.2, 0) is 9.59 Å². The second-order valence-electron chi connectivity index (χ2n) is 8.17. The van der Waals surface area contributed by atoms with Crippen LogP contribution < -0.4 is 0 Å². The molecule has 2 aliphatic heterocycles. The zero-order valence-electron chi connectivity index (χ0n) is 17.5. The van der Waals surface area contributed by atoms with Gasteiger partial charge in [0.1, 0.15) is 5.70 Å². The Bertz CT molecular complexity index is 715. The van der Waals surface area contributed by atoms with E-state index in [9.17, 15) is 9.59 Å². The van der Waals surface area contributed by atoms with E-state index in [2.05, 4.69) is 11.8 Å². The summed E-state index contributed by atoms with van der Waals surface area (Å²) in [6.45, 7) is 6.53. The van der Waals surface area contributed by atoms with Gasteiger partial charge in [-0.3, -0.25) is 14.5 Å². The standard InChI is InChI=1S/C24H34N2O2/c1-3-4-5-6-7-11-18-26-23(27)21(20-14-12-19(2)13-15-20)22(24(26)28)25-16-9-8-10-17-25/h12-15H,3-11,16-18H2,1-2H3. The Morgan fingerprint density at radius 1 is 0.821 bits per heavy atom. The van der Waals surface area contributed by atoms with Crippen molar-refractivity contribution in [1.29, 1.82) is 0 Å². The molecule has 0 saturated carbocycles. The van der Waals surface area contributed by atoms with Crippen LogP contribution in [0.2, 0.25) is 0 Å². The van der Waals surface area contributed by atoms with Crippen molar-refractivity contribution in [3.8, 4) is 0 Å². The molecule has 0 atom stereocenters. The Kier molecular flexibility index (Phi) is 7.30. The molecule has 4 heteroatoms. The maximum absolute atomic E-state index is 13.2. The van der Waals surface area contributed by atoms with E-state index in [1.54, 1.807) is 0 Å². The first-order valence-corrected chi connectivity index (χ1v) is 11.1. The SMILES string of the molecule is CCCCCCCCN1C(=O)C(c2ccc(C)cc2)=C(N2CCCCC2)C1=O. The zero-order chi connectivity index (χ0) is 19.9. The van der Waals surface area contributed by atoms with Crippen LogP contribution in [0.3, 0.4) is 0 Å². The number of hydrogen-bond acceptors (Lipinski definition) is 3. The summed E-state index contributed by atoms with van der Waals surface area (Å²) in [6.07, 6.45) is 10.3. The maximum Gasteiger partial charge on any atom is 0.277 e. The fourth-order valence-electron chi connectivity index (χ4n) is 4.21. The lowest BCUT2D eigenvalue weighted by Crippen LogP contribution is -2.37. The van der Waals surface area contributed by atoms with Crippen molar-refractivity contribution in [1.82, 2.24) is 9.80 Å². The average molecular weight is 383 g/mol. The first-order valence-electron chi connectivity index (χ1n) is 11.1. The van der Waals surface area contributed by atoms with Gasteiger partial charge in [-0.1, -0.05) is 68.9 Å². The summed E-state index contributed by atoms with van der Waals surface area (Å²) in [5.41, 5.74) is 3.27. The Hall–Kier alpha value is -2.10. The van der Waals surface area contributed by atoms with Crippen molar-refractivity contribution in [2.45, 2.75) is 71.6 Å². The predicted octanol–water partition coefficient (Wildman–Crippen LogP) is 4.92. The number of amides is 2. The van der Waals surface area contributed by atoms with Crippen LogP contribution in [0, 0.1) is 6.92 Å². The number of likely N-dealkylation sites (tertiary alicyclic amines) is 1. The number of benzene rings is 1. The summed E-state index contributed by atoms with van der Waals surface area (Å²) < 4.78 is 0. The zero-order valence-corrected chi connectivity index (χ0v) is 17.5. The smallest absolute Gasteiger partial charge is 0.277 e. The summed E-state index contributed by atoms with van der Waals surface area (Å²) in [5.74, 6) is -0.195. The third-order valence-electron chi connectivity index (χ3n) is 5.89. The minimum atomic E-state index is -0.108.